The monoisotopic (exact) mass is 356 g/mol. The number of piperidine rings is 1. The van der Waals surface area contributed by atoms with Crippen molar-refractivity contribution in [2.75, 3.05) is 18.0 Å². The van der Waals surface area contributed by atoms with Crippen LogP contribution >= 0.6 is 15.9 Å². The zero-order chi connectivity index (χ0) is 15.5. The molecule has 0 bridgehead atoms. The average molecular weight is 357 g/mol. The molecular formula is C14H21BrN4O2. The maximum atomic E-state index is 11.8. The first-order valence-electron chi connectivity index (χ1n) is 7.05. The molecule has 1 aliphatic rings. The molecule has 0 unspecified atom stereocenters. The van der Waals surface area contributed by atoms with Gasteiger partial charge in [-0.05, 0) is 49.5 Å². The molecule has 1 atom stereocenters. The molecule has 2 rings (SSSR count). The molecule has 0 aromatic carbocycles. The van der Waals surface area contributed by atoms with Crippen LogP contribution in [0.4, 0.5) is 10.7 Å². The molecule has 0 aliphatic carbocycles. The topological polar surface area (TPSA) is 67.3 Å². The van der Waals surface area contributed by atoms with Gasteiger partial charge in [0, 0.05) is 31.5 Å². The molecule has 1 saturated heterocycles. The van der Waals surface area contributed by atoms with Gasteiger partial charge in [0.15, 0.2) is 0 Å². The quantitative estimate of drug-likeness (QED) is 0.882. The van der Waals surface area contributed by atoms with Gasteiger partial charge >= 0.3 is 6.09 Å². The highest BCUT2D eigenvalue weighted by Gasteiger charge is 2.25. The van der Waals surface area contributed by atoms with Gasteiger partial charge in [0.05, 0.1) is 4.47 Å². The number of nitrogens with one attached hydrogen (secondary N) is 1. The van der Waals surface area contributed by atoms with Gasteiger partial charge in [-0.2, -0.15) is 0 Å². The van der Waals surface area contributed by atoms with Gasteiger partial charge in [0.25, 0.3) is 0 Å². The Morgan fingerprint density at radius 1 is 1.43 bits per heavy atom. The molecule has 1 amide bonds. The van der Waals surface area contributed by atoms with Crippen molar-refractivity contribution in [2.45, 2.75) is 45.3 Å². The molecule has 0 spiro atoms. The Balaban J connectivity index is 1.91. The van der Waals surface area contributed by atoms with Crippen molar-refractivity contribution in [2.24, 2.45) is 0 Å². The SMILES string of the molecule is CC(C)(C)OC(=O)N[C@@H]1CCCN(c2ncc(Br)cn2)C1. The van der Waals surface area contributed by atoms with Crippen LogP contribution < -0.4 is 10.2 Å². The Bertz CT molecular complexity index is 487. The Morgan fingerprint density at radius 3 is 2.71 bits per heavy atom. The number of nitrogens with zero attached hydrogens (tertiary/aromatic N) is 3. The second kappa shape index (κ2) is 6.60. The fourth-order valence-corrected chi connectivity index (χ4v) is 2.42. The summed E-state index contributed by atoms with van der Waals surface area (Å²) in [4.78, 5) is 22.5. The first-order chi connectivity index (χ1) is 9.83. The van der Waals surface area contributed by atoms with Gasteiger partial charge in [-0.15, -0.1) is 0 Å². The summed E-state index contributed by atoms with van der Waals surface area (Å²) in [6.07, 6.45) is 5.01. The van der Waals surface area contributed by atoms with E-state index in [1.807, 2.05) is 20.8 Å². The van der Waals surface area contributed by atoms with Crippen LogP contribution in [0.2, 0.25) is 0 Å². The van der Waals surface area contributed by atoms with Gasteiger partial charge in [-0.3, -0.25) is 0 Å². The molecule has 1 aliphatic heterocycles. The normalized spacial score (nSPS) is 19.2. The molecule has 2 heterocycles. The van der Waals surface area contributed by atoms with Crippen LogP contribution in [-0.2, 0) is 4.74 Å². The number of hydrogen-bond donors (Lipinski definition) is 1. The predicted molar refractivity (Wildman–Crippen MR) is 84.3 cm³/mol. The Labute approximate surface area is 133 Å². The van der Waals surface area contributed by atoms with E-state index in [-0.39, 0.29) is 12.1 Å². The van der Waals surface area contributed by atoms with E-state index in [0.717, 1.165) is 23.9 Å². The Hall–Kier alpha value is -1.37. The Kier molecular flexibility index (Phi) is 5.03. The van der Waals surface area contributed by atoms with Crippen molar-refractivity contribution in [3.63, 3.8) is 0 Å². The van der Waals surface area contributed by atoms with Gasteiger partial charge in [-0.1, -0.05) is 0 Å². The molecule has 1 aromatic heterocycles. The van der Waals surface area contributed by atoms with E-state index >= 15 is 0 Å². The minimum Gasteiger partial charge on any atom is -0.444 e. The number of hydrogen-bond acceptors (Lipinski definition) is 5. The lowest BCUT2D eigenvalue weighted by atomic mass is 10.1. The molecule has 0 radical (unpaired) electrons. The highest BCUT2D eigenvalue weighted by atomic mass is 79.9. The number of halogens is 1. The third-order valence-electron chi connectivity index (χ3n) is 3.03. The lowest BCUT2D eigenvalue weighted by molar-refractivity contribution is 0.0500. The molecule has 1 N–H and O–H groups in total. The molecule has 21 heavy (non-hydrogen) atoms. The second-order valence-corrected chi connectivity index (χ2v) is 7.05. The van der Waals surface area contributed by atoms with Crippen LogP contribution in [0.3, 0.4) is 0 Å². The smallest absolute Gasteiger partial charge is 0.407 e. The summed E-state index contributed by atoms with van der Waals surface area (Å²) < 4.78 is 6.14. The van der Waals surface area contributed by atoms with Crippen molar-refractivity contribution in [3.05, 3.63) is 16.9 Å². The van der Waals surface area contributed by atoms with Crippen LogP contribution in [0.1, 0.15) is 33.6 Å². The summed E-state index contributed by atoms with van der Waals surface area (Å²) in [7, 11) is 0. The van der Waals surface area contributed by atoms with Gasteiger partial charge in [-0.25, -0.2) is 14.8 Å². The maximum Gasteiger partial charge on any atom is 0.407 e. The largest absolute Gasteiger partial charge is 0.444 e. The van der Waals surface area contributed by atoms with Crippen molar-refractivity contribution in [1.29, 1.82) is 0 Å². The van der Waals surface area contributed by atoms with Crippen molar-refractivity contribution in [1.82, 2.24) is 15.3 Å². The lowest BCUT2D eigenvalue weighted by Crippen LogP contribution is -2.49. The first kappa shape index (κ1) is 16.0. The molecule has 6 nitrogen and oxygen atoms in total. The molecule has 0 saturated carbocycles. The Morgan fingerprint density at radius 2 is 2.10 bits per heavy atom. The third kappa shape index (κ3) is 5.15. The van der Waals surface area contributed by atoms with E-state index < -0.39 is 5.60 Å². The zero-order valence-corrected chi connectivity index (χ0v) is 14.2. The van der Waals surface area contributed by atoms with Gasteiger partial charge < -0.3 is 15.0 Å². The van der Waals surface area contributed by atoms with Crippen LogP contribution in [-0.4, -0.2) is 40.8 Å². The van der Waals surface area contributed by atoms with Gasteiger partial charge in [0.2, 0.25) is 5.95 Å². The van der Waals surface area contributed by atoms with Crippen molar-refractivity contribution in [3.8, 4) is 0 Å². The number of amides is 1. The number of rotatable bonds is 2. The molecule has 1 aromatic rings. The summed E-state index contributed by atoms with van der Waals surface area (Å²) in [6.45, 7) is 7.16. The first-order valence-corrected chi connectivity index (χ1v) is 7.85. The third-order valence-corrected chi connectivity index (χ3v) is 3.44. The standard InChI is InChI=1S/C14H21BrN4O2/c1-14(2,3)21-13(20)18-11-5-4-6-19(9-11)12-16-7-10(15)8-17-12/h7-8,11H,4-6,9H2,1-3H3,(H,18,20)/t11-/m1/s1. The van der Waals surface area contributed by atoms with Crippen LogP contribution in [0, 0.1) is 0 Å². The van der Waals surface area contributed by atoms with E-state index in [0.29, 0.717) is 12.5 Å². The highest BCUT2D eigenvalue weighted by molar-refractivity contribution is 9.10. The summed E-state index contributed by atoms with van der Waals surface area (Å²) in [5, 5.41) is 2.92. The van der Waals surface area contributed by atoms with Crippen molar-refractivity contribution >= 4 is 28.0 Å². The number of ether oxygens (including phenoxy) is 1. The minimum absolute atomic E-state index is 0.0563. The van der Waals surface area contributed by atoms with E-state index in [4.69, 9.17) is 4.74 Å². The number of aromatic nitrogens is 2. The number of carbonyl (C=O) groups is 1. The maximum absolute atomic E-state index is 11.8. The second-order valence-electron chi connectivity index (χ2n) is 6.13. The van der Waals surface area contributed by atoms with Crippen LogP contribution in [0.15, 0.2) is 16.9 Å². The molecule has 7 heteroatoms. The molecule has 116 valence electrons. The van der Waals surface area contributed by atoms with E-state index in [1.54, 1.807) is 12.4 Å². The van der Waals surface area contributed by atoms with E-state index in [2.05, 4.69) is 36.1 Å². The summed E-state index contributed by atoms with van der Waals surface area (Å²) in [6, 6.07) is 0.0563. The van der Waals surface area contributed by atoms with E-state index in [1.165, 1.54) is 0 Å². The molecule has 1 fully saturated rings. The minimum atomic E-state index is -0.479. The molecular weight excluding hydrogens is 336 g/mol. The number of anilines is 1. The fraction of sp³-hybridized carbons (Fsp3) is 0.643. The van der Waals surface area contributed by atoms with E-state index in [9.17, 15) is 4.79 Å². The predicted octanol–water partition coefficient (Wildman–Crippen LogP) is 2.73. The van der Waals surface area contributed by atoms with Gasteiger partial charge in [0.1, 0.15) is 5.60 Å². The summed E-state index contributed by atoms with van der Waals surface area (Å²) >= 11 is 3.32. The van der Waals surface area contributed by atoms with Crippen LogP contribution in [0.25, 0.3) is 0 Å². The fourth-order valence-electron chi connectivity index (χ4n) is 2.22. The summed E-state index contributed by atoms with van der Waals surface area (Å²) in [5.74, 6) is 0.689. The van der Waals surface area contributed by atoms with Crippen LogP contribution in [0.5, 0.6) is 0 Å². The highest BCUT2D eigenvalue weighted by Crippen LogP contribution is 2.17. The summed E-state index contributed by atoms with van der Waals surface area (Å²) in [5.41, 5.74) is -0.479. The number of alkyl carbamates (subject to hydrolysis) is 1. The zero-order valence-electron chi connectivity index (χ0n) is 12.6. The average Bonchev–Trinajstić information content (AvgIpc) is 2.37. The van der Waals surface area contributed by atoms with Crippen molar-refractivity contribution < 1.29 is 9.53 Å². The number of carbonyl (C=O) groups excluding carboxylic acids is 1. The lowest BCUT2D eigenvalue weighted by Gasteiger charge is -2.33.